The Kier molecular flexibility index (Phi) is 5.65. The maximum atomic E-state index is 2.68. The Bertz CT molecular complexity index is 355. The maximum absolute atomic E-state index is 2.68. The first-order valence-corrected chi connectivity index (χ1v) is 11.3. The first kappa shape index (κ1) is 14.8. The van der Waals surface area contributed by atoms with Crippen molar-refractivity contribution in [1.82, 2.24) is 4.90 Å². The van der Waals surface area contributed by atoms with Crippen molar-refractivity contribution in [3.63, 3.8) is 0 Å². The van der Waals surface area contributed by atoms with Crippen LogP contribution in [0.25, 0.3) is 0 Å². The lowest BCUT2D eigenvalue weighted by atomic mass is 10.1. The van der Waals surface area contributed by atoms with Gasteiger partial charge in [0.25, 0.3) is 0 Å². The number of nitrogens with zero attached hydrogens (tertiary/aromatic N) is 1. The van der Waals surface area contributed by atoms with Gasteiger partial charge in [-0.05, 0) is 44.9 Å². The lowest BCUT2D eigenvalue weighted by Crippen LogP contribution is -2.34. The van der Waals surface area contributed by atoms with Crippen LogP contribution >= 0.6 is 0 Å². The van der Waals surface area contributed by atoms with E-state index in [2.05, 4.69) is 48.3 Å². The molecule has 1 aliphatic rings. The molecule has 0 amide bonds. The highest BCUT2D eigenvalue weighted by atomic mass is 28.3. The molecule has 0 aromatic heterocycles. The third-order valence-electron chi connectivity index (χ3n) is 4.30. The van der Waals surface area contributed by atoms with Gasteiger partial charge in [0.1, 0.15) is 0 Å². The quantitative estimate of drug-likeness (QED) is 0.698. The first-order chi connectivity index (χ1) is 9.16. The normalized spacial score (nSPS) is 17.6. The molecule has 0 spiro atoms. The van der Waals surface area contributed by atoms with Gasteiger partial charge >= 0.3 is 0 Å². The van der Waals surface area contributed by atoms with E-state index in [0.29, 0.717) is 0 Å². The van der Waals surface area contributed by atoms with Crippen LogP contribution in [0.3, 0.4) is 0 Å². The number of hydrogen-bond acceptors (Lipinski definition) is 1. The van der Waals surface area contributed by atoms with Gasteiger partial charge in [0, 0.05) is 0 Å². The van der Waals surface area contributed by atoms with Crippen molar-refractivity contribution in [3.8, 4) is 0 Å². The second-order valence-electron chi connectivity index (χ2n) is 6.83. The van der Waals surface area contributed by atoms with Crippen molar-refractivity contribution in [2.24, 2.45) is 0 Å². The highest BCUT2D eigenvalue weighted by Gasteiger charge is 2.21. The van der Waals surface area contributed by atoms with Crippen molar-refractivity contribution < 1.29 is 0 Å². The Balaban J connectivity index is 1.71. The number of hydrogen-bond donors (Lipinski definition) is 0. The van der Waals surface area contributed by atoms with Crippen LogP contribution in [0.5, 0.6) is 0 Å². The largest absolute Gasteiger partial charge is 0.303 e. The van der Waals surface area contributed by atoms with Crippen molar-refractivity contribution in [3.05, 3.63) is 35.9 Å². The van der Waals surface area contributed by atoms with Gasteiger partial charge in [0.2, 0.25) is 0 Å². The molecule has 1 saturated heterocycles. The smallest absolute Gasteiger partial charge is 0.0518 e. The fourth-order valence-corrected chi connectivity index (χ4v) is 5.83. The van der Waals surface area contributed by atoms with E-state index in [1.807, 2.05) is 0 Å². The van der Waals surface area contributed by atoms with Crippen LogP contribution in [0.1, 0.15) is 31.2 Å². The summed E-state index contributed by atoms with van der Waals surface area (Å²) < 4.78 is 0. The van der Waals surface area contributed by atoms with E-state index in [1.54, 1.807) is 0 Å². The van der Waals surface area contributed by atoms with Crippen LogP contribution in [-0.4, -0.2) is 32.6 Å². The summed E-state index contributed by atoms with van der Waals surface area (Å²) in [4.78, 5) is 2.68. The van der Waals surface area contributed by atoms with Gasteiger partial charge in [-0.2, -0.15) is 0 Å². The minimum absolute atomic E-state index is 1.06. The zero-order valence-corrected chi connectivity index (χ0v) is 13.7. The highest BCUT2D eigenvalue weighted by molar-refractivity contribution is 6.76. The fraction of sp³-hybridized carbons (Fsp3) is 0.647. The summed E-state index contributed by atoms with van der Waals surface area (Å²) >= 11 is 0. The van der Waals surface area contributed by atoms with E-state index in [-0.39, 0.29) is 0 Å². The molecule has 0 N–H and O–H groups in total. The first-order valence-electron chi connectivity index (χ1n) is 7.92. The molecule has 2 rings (SSSR count). The number of likely N-dealkylation sites (tertiary alicyclic amines) is 1. The molecule has 106 valence electrons. The molecule has 1 aliphatic heterocycles. The number of rotatable bonds is 6. The molecular formula is C17H29NSi. The van der Waals surface area contributed by atoms with Gasteiger partial charge in [-0.1, -0.05) is 61.5 Å². The third kappa shape index (κ3) is 5.49. The van der Waals surface area contributed by atoms with Gasteiger partial charge in [-0.25, -0.2) is 0 Å². The van der Waals surface area contributed by atoms with Gasteiger partial charge in [0.15, 0.2) is 0 Å². The summed E-state index contributed by atoms with van der Waals surface area (Å²) in [5.41, 5.74) is 1.54. The predicted octanol–water partition coefficient (Wildman–Crippen LogP) is 4.35. The molecular weight excluding hydrogens is 246 g/mol. The molecule has 1 fully saturated rings. The Labute approximate surface area is 120 Å². The Morgan fingerprint density at radius 2 is 1.68 bits per heavy atom. The third-order valence-corrected chi connectivity index (χ3v) is 7.37. The lowest BCUT2D eigenvalue weighted by molar-refractivity contribution is 0.229. The highest BCUT2D eigenvalue weighted by Crippen LogP contribution is 2.19. The maximum Gasteiger partial charge on any atom is 0.0518 e. The Morgan fingerprint density at radius 3 is 2.37 bits per heavy atom. The molecule has 1 heterocycles. The molecule has 0 atom stereocenters. The zero-order valence-electron chi connectivity index (χ0n) is 12.7. The molecule has 2 heteroatoms. The minimum Gasteiger partial charge on any atom is -0.303 e. The van der Waals surface area contributed by atoms with E-state index >= 15 is 0 Å². The molecule has 1 aromatic carbocycles. The van der Waals surface area contributed by atoms with E-state index in [4.69, 9.17) is 0 Å². The van der Waals surface area contributed by atoms with E-state index in [1.165, 1.54) is 63.0 Å². The molecule has 1 nitrogen and oxygen atoms in total. The Morgan fingerprint density at radius 1 is 1.00 bits per heavy atom. The molecule has 0 aliphatic carbocycles. The zero-order chi connectivity index (χ0) is 13.6. The molecule has 0 unspecified atom stereocenters. The fourth-order valence-electron chi connectivity index (χ4n) is 3.20. The van der Waals surface area contributed by atoms with Crippen molar-refractivity contribution in [2.45, 2.75) is 50.9 Å². The second kappa shape index (κ2) is 7.25. The van der Waals surface area contributed by atoms with E-state index < -0.39 is 8.07 Å². The predicted molar refractivity (Wildman–Crippen MR) is 87.3 cm³/mol. The van der Waals surface area contributed by atoms with Crippen LogP contribution < -0.4 is 0 Å². The van der Waals surface area contributed by atoms with Crippen LogP contribution in [-0.2, 0) is 6.04 Å². The summed E-state index contributed by atoms with van der Waals surface area (Å²) in [5.74, 6) is 0. The lowest BCUT2D eigenvalue weighted by Gasteiger charge is -2.28. The average molecular weight is 276 g/mol. The summed E-state index contributed by atoms with van der Waals surface area (Å²) in [7, 11) is -1.06. The van der Waals surface area contributed by atoms with Gasteiger partial charge in [0.05, 0.1) is 8.07 Å². The monoisotopic (exact) mass is 275 g/mol. The molecule has 19 heavy (non-hydrogen) atoms. The number of piperidine rings is 1. The summed E-state index contributed by atoms with van der Waals surface area (Å²) in [6.07, 6.45) is 5.70. The van der Waals surface area contributed by atoms with Crippen LogP contribution in [0.2, 0.25) is 19.1 Å². The van der Waals surface area contributed by atoms with Gasteiger partial charge in [-0.15, -0.1) is 0 Å². The standard InChI is InChI=1S/C17H29NSi/c1-19(2,16-17-10-5-3-6-11-17)15-9-14-18-12-7-4-8-13-18/h3,5-6,10-11H,4,7-9,12-16H2,1-2H3. The van der Waals surface area contributed by atoms with Gasteiger partial charge < -0.3 is 4.90 Å². The Hall–Kier alpha value is -0.603. The van der Waals surface area contributed by atoms with Crippen molar-refractivity contribution in [1.29, 1.82) is 0 Å². The van der Waals surface area contributed by atoms with Crippen LogP contribution in [0.4, 0.5) is 0 Å². The van der Waals surface area contributed by atoms with Crippen molar-refractivity contribution in [2.75, 3.05) is 19.6 Å². The SMILES string of the molecule is C[Si](C)(CCCN1CCCCC1)Cc1ccccc1. The van der Waals surface area contributed by atoms with Crippen LogP contribution in [0, 0.1) is 0 Å². The molecule has 0 bridgehead atoms. The molecule has 1 aromatic rings. The van der Waals surface area contributed by atoms with Gasteiger partial charge in [-0.3, -0.25) is 0 Å². The summed E-state index contributed by atoms with van der Waals surface area (Å²) in [5, 5.41) is 0. The number of benzene rings is 1. The molecule has 0 radical (unpaired) electrons. The summed E-state index contributed by atoms with van der Waals surface area (Å²) in [6.45, 7) is 9.14. The summed E-state index contributed by atoms with van der Waals surface area (Å²) in [6, 6.07) is 13.9. The second-order valence-corrected chi connectivity index (χ2v) is 12.0. The minimum atomic E-state index is -1.06. The van der Waals surface area contributed by atoms with Crippen LogP contribution in [0.15, 0.2) is 30.3 Å². The van der Waals surface area contributed by atoms with Crippen molar-refractivity contribution >= 4 is 8.07 Å². The average Bonchev–Trinajstić information content (AvgIpc) is 2.40. The topological polar surface area (TPSA) is 3.24 Å². The van der Waals surface area contributed by atoms with E-state index in [9.17, 15) is 0 Å². The molecule has 0 saturated carbocycles. The van der Waals surface area contributed by atoms with E-state index in [0.717, 1.165) is 0 Å².